The van der Waals surface area contributed by atoms with E-state index in [1.807, 2.05) is 6.08 Å². The maximum Gasteiger partial charge on any atom is 0.0132 e. The molecular formula is C12H24N2. The summed E-state index contributed by atoms with van der Waals surface area (Å²) in [6.45, 7) is 10.2. The molecule has 0 atom stereocenters. The fraction of sp³-hybridized carbons (Fsp3) is 0.833. The maximum absolute atomic E-state index is 3.67. The largest absolute Gasteiger partial charge is 0.315 e. The first-order valence-electron chi connectivity index (χ1n) is 5.85. The van der Waals surface area contributed by atoms with Crippen molar-refractivity contribution < 1.29 is 0 Å². The van der Waals surface area contributed by atoms with Crippen LogP contribution < -0.4 is 10.6 Å². The standard InChI is InChI=1S/C12H24N2/c1-3-5-12(6-7-12)11-14-10-9-13-8-4-2/h4,13-14H,2-3,5-11H2,1H3. The van der Waals surface area contributed by atoms with Crippen LogP contribution >= 0.6 is 0 Å². The molecule has 2 nitrogen and oxygen atoms in total. The predicted molar refractivity (Wildman–Crippen MR) is 62.5 cm³/mol. The molecule has 0 heterocycles. The van der Waals surface area contributed by atoms with Gasteiger partial charge in [-0.1, -0.05) is 19.4 Å². The zero-order chi connectivity index (χ0) is 10.3. The van der Waals surface area contributed by atoms with E-state index in [1.165, 1.54) is 32.2 Å². The van der Waals surface area contributed by atoms with Crippen LogP contribution in [-0.2, 0) is 0 Å². The highest BCUT2D eigenvalue weighted by atomic mass is 14.9. The Morgan fingerprint density at radius 1 is 1.29 bits per heavy atom. The molecule has 0 amide bonds. The van der Waals surface area contributed by atoms with Crippen LogP contribution in [0.5, 0.6) is 0 Å². The molecule has 2 N–H and O–H groups in total. The third-order valence-electron chi connectivity index (χ3n) is 3.00. The van der Waals surface area contributed by atoms with Gasteiger partial charge in [0, 0.05) is 26.2 Å². The van der Waals surface area contributed by atoms with Crippen molar-refractivity contribution in [2.24, 2.45) is 5.41 Å². The lowest BCUT2D eigenvalue weighted by molar-refractivity contribution is 0.421. The van der Waals surface area contributed by atoms with Crippen LogP contribution in [0.15, 0.2) is 12.7 Å². The van der Waals surface area contributed by atoms with Crippen molar-refractivity contribution in [3.05, 3.63) is 12.7 Å². The van der Waals surface area contributed by atoms with E-state index >= 15 is 0 Å². The summed E-state index contributed by atoms with van der Waals surface area (Å²) in [5.41, 5.74) is 0.688. The Hall–Kier alpha value is -0.340. The second kappa shape index (κ2) is 6.20. The minimum Gasteiger partial charge on any atom is -0.315 e. The molecular weight excluding hydrogens is 172 g/mol. The lowest BCUT2D eigenvalue weighted by Gasteiger charge is -2.14. The van der Waals surface area contributed by atoms with E-state index < -0.39 is 0 Å². The van der Waals surface area contributed by atoms with Gasteiger partial charge in [-0.05, 0) is 24.7 Å². The van der Waals surface area contributed by atoms with E-state index in [9.17, 15) is 0 Å². The van der Waals surface area contributed by atoms with E-state index in [1.54, 1.807) is 0 Å². The van der Waals surface area contributed by atoms with Crippen molar-refractivity contribution in [1.29, 1.82) is 0 Å². The molecule has 1 aliphatic rings. The molecule has 1 rings (SSSR count). The molecule has 0 aliphatic heterocycles. The van der Waals surface area contributed by atoms with Crippen molar-refractivity contribution in [2.75, 3.05) is 26.2 Å². The van der Waals surface area contributed by atoms with Gasteiger partial charge in [0.05, 0.1) is 0 Å². The topological polar surface area (TPSA) is 24.1 Å². The molecule has 0 spiro atoms. The molecule has 0 aromatic rings. The van der Waals surface area contributed by atoms with E-state index in [-0.39, 0.29) is 0 Å². The van der Waals surface area contributed by atoms with Crippen LogP contribution in [0.25, 0.3) is 0 Å². The van der Waals surface area contributed by atoms with Gasteiger partial charge in [-0.25, -0.2) is 0 Å². The molecule has 0 unspecified atom stereocenters. The molecule has 1 saturated carbocycles. The molecule has 0 aromatic heterocycles. The van der Waals surface area contributed by atoms with Crippen molar-refractivity contribution in [1.82, 2.24) is 10.6 Å². The zero-order valence-electron chi connectivity index (χ0n) is 9.44. The lowest BCUT2D eigenvalue weighted by atomic mass is 10.0. The van der Waals surface area contributed by atoms with Gasteiger partial charge in [0.2, 0.25) is 0 Å². The summed E-state index contributed by atoms with van der Waals surface area (Å²) in [7, 11) is 0. The van der Waals surface area contributed by atoms with Crippen LogP contribution in [0.3, 0.4) is 0 Å². The smallest absolute Gasteiger partial charge is 0.0132 e. The van der Waals surface area contributed by atoms with Crippen LogP contribution in [0.4, 0.5) is 0 Å². The average Bonchev–Trinajstić information content (AvgIpc) is 2.93. The summed E-state index contributed by atoms with van der Waals surface area (Å²) in [6, 6.07) is 0. The summed E-state index contributed by atoms with van der Waals surface area (Å²) in [5, 5.41) is 6.83. The normalized spacial score (nSPS) is 18.1. The van der Waals surface area contributed by atoms with Crippen LogP contribution in [0, 0.1) is 5.41 Å². The molecule has 82 valence electrons. The third kappa shape index (κ3) is 4.25. The zero-order valence-corrected chi connectivity index (χ0v) is 9.44. The highest BCUT2D eigenvalue weighted by Gasteiger charge is 2.40. The van der Waals surface area contributed by atoms with Crippen LogP contribution in [0.2, 0.25) is 0 Å². The Kier molecular flexibility index (Phi) is 5.20. The predicted octanol–water partition coefficient (Wildman–Crippen LogP) is 1.93. The van der Waals surface area contributed by atoms with Gasteiger partial charge in [-0.3, -0.25) is 0 Å². The third-order valence-corrected chi connectivity index (χ3v) is 3.00. The van der Waals surface area contributed by atoms with Gasteiger partial charge in [0.1, 0.15) is 0 Å². The summed E-state index contributed by atoms with van der Waals surface area (Å²) in [4.78, 5) is 0. The summed E-state index contributed by atoms with van der Waals surface area (Å²) in [6.07, 6.45) is 7.51. The molecule has 2 heteroatoms. The van der Waals surface area contributed by atoms with E-state index in [0.29, 0.717) is 5.41 Å². The fourth-order valence-corrected chi connectivity index (χ4v) is 1.96. The van der Waals surface area contributed by atoms with Gasteiger partial charge in [0.25, 0.3) is 0 Å². The Morgan fingerprint density at radius 2 is 2.00 bits per heavy atom. The van der Waals surface area contributed by atoms with Gasteiger partial charge in [0.15, 0.2) is 0 Å². The summed E-state index contributed by atoms with van der Waals surface area (Å²) < 4.78 is 0. The summed E-state index contributed by atoms with van der Waals surface area (Å²) in [5.74, 6) is 0. The van der Waals surface area contributed by atoms with Crippen LogP contribution in [-0.4, -0.2) is 26.2 Å². The van der Waals surface area contributed by atoms with Crippen molar-refractivity contribution in [2.45, 2.75) is 32.6 Å². The minimum absolute atomic E-state index is 0.688. The molecule has 0 bridgehead atoms. The van der Waals surface area contributed by atoms with E-state index in [0.717, 1.165) is 19.6 Å². The first-order chi connectivity index (χ1) is 6.83. The van der Waals surface area contributed by atoms with Gasteiger partial charge < -0.3 is 10.6 Å². The fourth-order valence-electron chi connectivity index (χ4n) is 1.96. The van der Waals surface area contributed by atoms with Crippen molar-refractivity contribution >= 4 is 0 Å². The molecule has 1 aliphatic carbocycles. The molecule has 0 aromatic carbocycles. The quantitative estimate of drug-likeness (QED) is 0.435. The Bertz CT molecular complexity index is 162. The number of rotatable bonds is 9. The second-order valence-corrected chi connectivity index (χ2v) is 4.42. The van der Waals surface area contributed by atoms with Crippen LogP contribution in [0.1, 0.15) is 32.6 Å². The van der Waals surface area contributed by atoms with Gasteiger partial charge in [-0.15, -0.1) is 6.58 Å². The van der Waals surface area contributed by atoms with Gasteiger partial charge >= 0.3 is 0 Å². The number of hydrogen-bond donors (Lipinski definition) is 2. The van der Waals surface area contributed by atoms with E-state index in [2.05, 4.69) is 24.1 Å². The number of hydrogen-bond acceptors (Lipinski definition) is 2. The maximum atomic E-state index is 3.67. The minimum atomic E-state index is 0.688. The first-order valence-corrected chi connectivity index (χ1v) is 5.85. The molecule has 0 saturated heterocycles. The Morgan fingerprint density at radius 3 is 2.57 bits per heavy atom. The molecule has 14 heavy (non-hydrogen) atoms. The molecule has 1 fully saturated rings. The first kappa shape index (κ1) is 11.7. The van der Waals surface area contributed by atoms with Gasteiger partial charge in [-0.2, -0.15) is 0 Å². The highest BCUT2D eigenvalue weighted by molar-refractivity contribution is 4.94. The Labute approximate surface area is 88.2 Å². The lowest BCUT2D eigenvalue weighted by Crippen LogP contribution is -2.31. The monoisotopic (exact) mass is 196 g/mol. The summed E-state index contributed by atoms with van der Waals surface area (Å²) >= 11 is 0. The van der Waals surface area contributed by atoms with Crippen molar-refractivity contribution in [3.63, 3.8) is 0 Å². The Balaban J connectivity index is 1.91. The SMILES string of the molecule is C=CCNCCNCC1(CCC)CC1. The average molecular weight is 196 g/mol. The molecule has 0 radical (unpaired) electrons. The van der Waals surface area contributed by atoms with Crippen molar-refractivity contribution in [3.8, 4) is 0 Å². The highest BCUT2D eigenvalue weighted by Crippen LogP contribution is 2.48. The number of nitrogens with one attached hydrogen (secondary N) is 2. The second-order valence-electron chi connectivity index (χ2n) is 4.42. The van der Waals surface area contributed by atoms with E-state index in [4.69, 9.17) is 0 Å².